The van der Waals surface area contributed by atoms with E-state index in [-0.39, 0.29) is 17.7 Å². The normalized spacial score (nSPS) is 18.4. The van der Waals surface area contributed by atoms with Gasteiger partial charge in [0.2, 0.25) is 0 Å². The van der Waals surface area contributed by atoms with Crippen LogP contribution in [-0.2, 0) is 4.79 Å². The third kappa shape index (κ3) is 3.33. The number of nitrogens with zero attached hydrogens (tertiary/aromatic N) is 4. The van der Waals surface area contributed by atoms with E-state index < -0.39 is 0 Å². The zero-order valence-electron chi connectivity index (χ0n) is 15.9. The molecule has 1 unspecified atom stereocenters. The number of fused-ring (bicyclic) bond motifs is 1. The molecule has 1 aliphatic rings. The van der Waals surface area contributed by atoms with Crippen LogP contribution in [0.25, 0.3) is 16.7 Å². The van der Waals surface area contributed by atoms with Crippen molar-refractivity contribution in [3.8, 4) is 0 Å². The van der Waals surface area contributed by atoms with Crippen LogP contribution in [0.5, 0.6) is 0 Å². The molecule has 0 radical (unpaired) electrons. The van der Waals surface area contributed by atoms with Crippen LogP contribution in [0.4, 0.5) is 0 Å². The number of allylic oxidation sites excluding steroid dienone is 2. The molecule has 0 saturated heterocycles. The zero-order chi connectivity index (χ0) is 20.0. The summed E-state index contributed by atoms with van der Waals surface area (Å²) in [4.78, 5) is 21.3. The SMILES string of the molecule is Cc1nn([C@H](C)c2ccc(Cl)cc2Cl)c2nc(C3=CCC(=O)C(C)C3)cnc12. The second kappa shape index (κ2) is 7.30. The number of carbonyl (C=O) groups excluding carboxylic acids is 1. The van der Waals surface area contributed by atoms with E-state index in [2.05, 4.69) is 10.1 Å². The van der Waals surface area contributed by atoms with Crippen molar-refractivity contribution < 1.29 is 4.79 Å². The van der Waals surface area contributed by atoms with Crippen molar-refractivity contribution in [3.63, 3.8) is 0 Å². The summed E-state index contributed by atoms with van der Waals surface area (Å²) in [6.45, 7) is 5.90. The Morgan fingerprint density at radius 3 is 2.79 bits per heavy atom. The molecule has 2 heterocycles. The van der Waals surface area contributed by atoms with Crippen LogP contribution in [-0.4, -0.2) is 25.5 Å². The van der Waals surface area contributed by atoms with E-state index in [0.29, 0.717) is 28.5 Å². The van der Waals surface area contributed by atoms with Gasteiger partial charge >= 0.3 is 0 Å². The molecule has 4 rings (SSSR count). The van der Waals surface area contributed by atoms with Crippen molar-refractivity contribution in [1.82, 2.24) is 19.7 Å². The highest BCUT2D eigenvalue weighted by atomic mass is 35.5. The molecule has 0 bridgehead atoms. The first-order chi connectivity index (χ1) is 13.3. The first kappa shape index (κ1) is 19.1. The van der Waals surface area contributed by atoms with E-state index in [1.54, 1.807) is 12.3 Å². The zero-order valence-corrected chi connectivity index (χ0v) is 17.4. The van der Waals surface area contributed by atoms with Gasteiger partial charge in [0.15, 0.2) is 5.65 Å². The van der Waals surface area contributed by atoms with E-state index in [0.717, 1.165) is 28.0 Å². The fourth-order valence-corrected chi connectivity index (χ4v) is 4.17. The topological polar surface area (TPSA) is 60.7 Å². The minimum absolute atomic E-state index is 0.0101. The largest absolute Gasteiger partial charge is 0.299 e. The average Bonchev–Trinajstić information content (AvgIpc) is 2.99. The van der Waals surface area contributed by atoms with Gasteiger partial charge in [-0.3, -0.25) is 4.79 Å². The highest BCUT2D eigenvalue weighted by molar-refractivity contribution is 6.35. The van der Waals surface area contributed by atoms with Crippen molar-refractivity contribution in [2.75, 3.05) is 0 Å². The molecular weight excluding hydrogens is 395 g/mol. The Morgan fingerprint density at radius 1 is 1.29 bits per heavy atom. The number of benzene rings is 1. The summed E-state index contributed by atoms with van der Waals surface area (Å²) in [6, 6.07) is 5.33. The van der Waals surface area contributed by atoms with E-state index in [9.17, 15) is 4.79 Å². The third-order valence-corrected chi connectivity index (χ3v) is 5.87. The predicted octanol–water partition coefficient (Wildman–Crippen LogP) is 5.43. The molecule has 5 nitrogen and oxygen atoms in total. The van der Waals surface area contributed by atoms with Gasteiger partial charge in [-0.2, -0.15) is 5.10 Å². The van der Waals surface area contributed by atoms with Gasteiger partial charge in [0.05, 0.1) is 23.6 Å². The molecule has 0 spiro atoms. The van der Waals surface area contributed by atoms with E-state index >= 15 is 0 Å². The van der Waals surface area contributed by atoms with E-state index in [1.807, 2.05) is 43.7 Å². The molecule has 7 heteroatoms. The number of hydrogen-bond donors (Lipinski definition) is 0. The van der Waals surface area contributed by atoms with E-state index in [1.165, 1.54) is 0 Å². The maximum atomic E-state index is 11.8. The molecule has 144 valence electrons. The van der Waals surface area contributed by atoms with Gasteiger partial charge in [-0.1, -0.05) is 42.3 Å². The molecule has 1 aromatic carbocycles. The van der Waals surface area contributed by atoms with Gasteiger partial charge in [0.1, 0.15) is 11.3 Å². The summed E-state index contributed by atoms with van der Waals surface area (Å²) in [5, 5.41) is 5.85. The summed E-state index contributed by atoms with van der Waals surface area (Å²) in [5.74, 6) is 0.278. The summed E-state index contributed by atoms with van der Waals surface area (Å²) >= 11 is 12.4. The number of ketones is 1. The Balaban J connectivity index is 1.80. The van der Waals surface area contributed by atoms with Crippen molar-refractivity contribution in [2.45, 2.75) is 39.7 Å². The van der Waals surface area contributed by atoms with Gasteiger partial charge in [-0.25, -0.2) is 14.6 Å². The number of aryl methyl sites for hydroxylation is 1. The number of rotatable bonds is 3. The Kier molecular flexibility index (Phi) is 4.98. The first-order valence-electron chi connectivity index (χ1n) is 9.24. The number of Topliss-reactive ketones (excluding diaryl/α,β-unsaturated/α-hetero) is 1. The van der Waals surface area contributed by atoms with E-state index in [4.69, 9.17) is 28.2 Å². The Hall–Kier alpha value is -2.24. The first-order valence-corrected chi connectivity index (χ1v) is 9.99. The second-order valence-electron chi connectivity index (χ2n) is 7.30. The van der Waals surface area contributed by atoms with Crippen LogP contribution in [0, 0.1) is 12.8 Å². The number of hydrogen-bond acceptors (Lipinski definition) is 4. The fraction of sp³-hybridized carbons (Fsp3) is 0.333. The minimum atomic E-state index is -0.133. The maximum Gasteiger partial charge on any atom is 0.178 e. The standard InChI is InChI=1S/C21H20Cl2N4O/c1-11-8-14(4-7-19(11)28)18-10-24-20-12(2)26-27(21(20)25-18)13(3)16-6-5-15(22)9-17(16)23/h4-6,9-11,13H,7-8H2,1-3H3/t11?,13-/m1/s1. The highest BCUT2D eigenvalue weighted by Gasteiger charge is 2.23. The smallest absolute Gasteiger partial charge is 0.178 e. The predicted molar refractivity (Wildman–Crippen MR) is 112 cm³/mol. The quantitative estimate of drug-likeness (QED) is 0.572. The van der Waals surface area contributed by atoms with Crippen molar-refractivity contribution in [1.29, 1.82) is 0 Å². The summed E-state index contributed by atoms with van der Waals surface area (Å²) < 4.78 is 1.86. The minimum Gasteiger partial charge on any atom is -0.299 e. The van der Waals surface area contributed by atoms with Crippen molar-refractivity contribution in [2.24, 2.45) is 5.92 Å². The lowest BCUT2D eigenvalue weighted by atomic mass is 9.88. The summed E-state index contributed by atoms with van der Waals surface area (Å²) in [6.07, 6.45) is 4.87. The lowest BCUT2D eigenvalue weighted by Gasteiger charge is -2.18. The second-order valence-corrected chi connectivity index (χ2v) is 8.15. The average molecular weight is 415 g/mol. The van der Waals surface area contributed by atoms with Crippen molar-refractivity contribution in [3.05, 3.63) is 57.5 Å². The van der Waals surface area contributed by atoms with Crippen LogP contribution in [0.2, 0.25) is 10.0 Å². The molecule has 0 fully saturated rings. The third-order valence-electron chi connectivity index (χ3n) is 5.31. The number of carbonyl (C=O) groups is 1. The maximum absolute atomic E-state index is 11.8. The fourth-order valence-electron chi connectivity index (χ4n) is 3.61. The molecule has 2 atom stereocenters. The molecule has 1 aliphatic carbocycles. The molecule has 3 aromatic rings. The van der Waals surface area contributed by atoms with Crippen LogP contribution in [0.3, 0.4) is 0 Å². The summed E-state index contributed by atoms with van der Waals surface area (Å²) in [7, 11) is 0. The molecule has 0 N–H and O–H groups in total. The highest BCUT2D eigenvalue weighted by Crippen LogP contribution is 2.32. The van der Waals surface area contributed by atoms with Crippen LogP contribution in [0.1, 0.15) is 49.7 Å². The van der Waals surface area contributed by atoms with Crippen LogP contribution in [0.15, 0.2) is 30.5 Å². The van der Waals surface area contributed by atoms with Gasteiger partial charge in [-0.05, 0) is 43.5 Å². The lowest BCUT2D eigenvalue weighted by molar-refractivity contribution is -0.121. The Morgan fingerprint density at radius 2 is 2.07 bits per heavy atom. The monoisotopic (exact) mass is 414 g/mol. The van der Waals surface area contributed by atoms with Crippen molar-refractivity contribution >= 4 is 45.7 Å². The van der Waals surface area contributed by atoms with Gasteiger partial charge in [0.25, 0.3) is 0 Å². The lowest BCUT2D eigenvalue weighted by Crippen LogP contribution is -2.15. The van der Waals surface area contributed by atoms with Gasteiger partial charge in [0, 0.05) is 22.4 Å². The number of aromatic nitrogens is 4. The molecule has 0 saturated carbocycles. The number of halogens is 2. The molecule has 0 amide bonds. The summed E-state index contributed by atoms with van der Waals surface area (Å²) in [5.41, 5.74) is 5.05. The molecular formula is C21H20Cl2N4O. The molecule has 28 heavy (non-hydrogen) atoms. The Bertz CT molecular complexity index is 1120. The molecule has 2 aromatic heterocycles. The molecule has 0 aliphatic heterocycles. The van der Waals surface area contributed by atoms with Crippen LogP contribution < -0.4 is 0 Å². The van der Waals surface area contributed by atoms with Crippen LogP contribution >= 0.6 is 23.2 Å². The van der Waals surface area contributed by atoms with Gasteiger partial charge in [-0.15, -0.1) is 0 Å². The van der Waals surface area contributed by atoms with Gasteiger partial charge < -0.3 is 0 Å². The Labute approximate surface area is 173 Å².